The Morgan fingerprint density at radius 3 is 2.88 bits per heavy atom. The maximum Gasteiger partial charge on any atom is 0.235 e. The minimum atomic E-state index is -0.771. The third-order valence-corrected chi connectivity index (χ3v) is 5.34. The average molecular weight is 351 g/mol. The lowest BCUT2D eigenvalue weighted by molar-refractivity contribution is -0.128. The van der Waals surface area contributed by atoms with Crippen molar-refractivity contribution in [1.82, 2.24) is 5.16 Å². The molecule has 4 atom stereocenters. The minimum absolute atomic E-state index is 0.154. The first-order chi connectivity index (χ1) is 12.6. The van der Waals surface area contributed by atoms with Gasteiger partial charge in [0.15, 0.2) is 5.82 Å². The van der Waals surface area contributed by atoms with Gasteiger partial charge in [-0.1, -0.05) is 35.5 Å². The van der Waals surface area contributed by atoms with E-state index in [0.717, 1.165) is 0 Å². The summed E-state index contributed by atoms with van der Waals surface area (Å²) in [5.74, 6) is -0.397. The van der Waals surface area contributed by atoms with Gasteiger partial charge in [0, 0.05) is 11.8 Å². The Morgan fingerprint density at radius 1 is 1.35 bits per heavy atom. The number of ether oxygens (including phenoxy) is 1. The molecule has 0 aliphatic carbocycles. The Labute approximate surface area is 149 Å². The fourth-order valence-electron chi connectivity index (χ4n) is 4.22. The number of nitrogens with one attached hydrogen (secondary N) is 1. The lowest BCUT2D eigenvalue weighted by atomic mass is 9.77. The second-order valence-corrected chi connectivity index (χ2v) is 6.98. The van der Waals surface area contributed by atoms with Gasteiger partial charge in [-0.3, -0.25) is 14.5 Å². The van der Waals surface area contributed by atoms with Crippen molar-refractivity contribution in [3.8, 4) is 0 Å². The summed E-state index contributed by atoms with van der Waals surface area (Å²) in [4.78, 5) is 27.6. The zero-order valence-electron chi connectivity index (χ0n) is 14.1. The van der Waals surface area contributed by atoms with Gasteiger partial charge in [0.1, 0.15) is 11.4 Å². The van der Waals surface area contributed by atoms with Crippen LogP contribution < -0.4 is 10.2 Å². The number of para-hydroxylation sites is 1. The van der Waals surface area contributed by atoms with Crippen molar-refractivity contribution >= 4 is 23.3 Å². The molecule has 2 saturated heterocycles. The maximum atomic E-state index is 13.1. The number of amides is 2. The number of hydrogen-bond donors (Lipinski definition) is 1. The number of nitrogens with zero attached hydrogens (tertiary/aromatic N) is 2. The third-order valence-electron chi connectivity index (χ3n) is 5.34. The van der Waals surface area contributed by atoms with Crippen molar-refractivity contribution in [2.75, 3.05) is 16.8 Å². The van der Waals surface area contributed by atoms with E-state index in [4.69, 9.17) is 9.26 Å². The zero-order chi connectivity index (χ0) is 17.9. The first-order valence-electron chi connectivity index (χ1n) is 8.55. The van der Waals surface area contributed by atoms with Crippen molar-refractivity contribution in [1.29, 1.82) is 0 Å². The van der Waals surface area contributed by atoms with E-state index in [1.54, 1.807) is 17.9 Å². The van der Waals surface area contributed by atoms with E-state index in [1.807, 2.05) is 42.5 Å². The molecule has 3 aliphatic rings. The summed E-state index contributed by atoms with van der Waals surface area (Å²) < 4.78 is 11.2. The van der Waals surface area contributed by atoms with Crippen LogP contribution in [0.25, 0.3) is 0 Å². The molecule has 2 aromatic rings. The van der Waals surface area contributed by atoms with E-state index < -0.39 is 17.4 Å². The maximum absolute atomic E-state index is 13.1. The highest BCUT2D eigenvalue weighted by Crippen LogP contribution is 2.52. The van der Waals surface area contributed by atoms with Gasteiger partial charge in [-0.05, 0) is 19.1 Å². The molecule has 5 rings (SSSR count). The molecule has 7 nitrogen and oxygen atoms in total. The molecule has 2 fully saturated rings. The second-order valence-electron chi connectivity index (χ2n) is 6.98. The molecule has 1 aromatic heterocycles. The summed E-state index contributed by atoms with van der Waals surface area (Å²) in [5, 5.41) is 6.84. The van der Waals surface area contributed by atoms with Gasteiger partial charge in [-0.25, -0.2) is 0 Å². The number of aromatic nitrogens is 1. The molecule has 1 N–H and O–H groups in total. The second kappa shape index (κ2) is 5.28. The summed E-state index contributed by atoms with van der Waals surface area (Å²) in [5.41, 5.74) is -0.0689. The topological polar surface area (TPSA) is 84.7 Å². The largest absolute Gasteiger partial charge is 0.360 e. The number of rotatable bonds is 3. The monoisotopic (exact) mass is 351 g/mol. The average Bonchev–Trinajstić information content (AvgIpc) is 3.37. The van der Waals surface area contributed by atoms with E-state index in [1.165, 1.54) is 0 Å². The summed E-state index contributed by atoms with van der Waals surface area (Å²) >= 11 is 0. The lowest BCUT2D eigenvalue weighted by Gasteiger charge is -2.23. The van der Waals surface area contributed by atoms with Gasteiger partial charge in [0.2, 0.25) is 11.8 Å². The van der Waals surface area contributed by atoms with Gasteiger partial charge in [0.25, 0.3) is 0 Å². The summed E-state index contributed by atoms with van der Waals surface area (Å²) in [6, 6.07) is 10.9. The molecule has 4 heterocycles. The smallest absolute Gasteiger partial charge is 0.235 e. The quantitative estimate of drug-likeness (QED) is 0.854. The van der Waals surface area contributed by atoms with Crippen molar-refractivity contribution in [3.05, 3.63) is 54.3 Å². The highest BCUT2D eigenvalue weighted by molar-refractivity contribution is 6.05. The number of anilines is 2. The minimum Gasteiger partial charge on any atom is -0.360 e. The molecule has 26 heavy (non-hydrogen) atoms. The standard InChI is InChI=1S/C19H17N3O4/c1-11-9-14(21-26-11)22-10-19-8-7-13(25-19)15(16(19)18(22)24)17(23)20-12-5-3-2-4-6-12/h2-9,13,15-16H,10H2,1H3,(H,20,23)/t13-,15+,16-,19-/m1/s1. The molecule has 0 unspecified atom stereocenters. The molecule has 1 spiro atoms. The van der Waals surface area contributed by atoms with Crippen LogP contribution in [0, 0.1) is 18.8 Å². The first-order valence-corrected chi connectivity index (χ1v) is 8.55. The summed E-state index contributed by atoms with van der Waals surface area (Å²) in [6.45, 7) is 2.11. The Kier molecular flexibility index (Phi) is 3.12. The molecular weight excluding hydrogens is 334 g/mol. The SMILES string of the molecule is Cc1cc(N2C[C@@]34C=C[C@@H](O3)[C@H](C(=O)Nc3ccccc3)[C@@H]4C2=O)no1. The Balaban J connectivity index is 1.45. The predicted octanol–water partition coefficient (Wildman–Crippen LogP) is 1.91. The van der Waals surface area contributed by atoms with E-state index in [0.29, 0.717) is 23.8 Å². The van der Waals surface area contributed by atoms with Crippen LogP contribution in [0.3, 0.4) is 0 Å². The van der Waals surface area contributed by atoms with E-state index in [9.17, 15) is 9.59 Å². The number of fused-ring (bicyclic) bond motifs is 1. The van der Waals surface area contributed by atoms with Crippen LogP contribution in [0.4, 0.5) is 11.5 Å². The number of carbonyl (C=O) groups is 2. The van der Waals surface area contributed by atoms with Crippen LogP contribution in [0.15, 0.2) is 53.1 Å². The molecule has 2 amide bonds. The van der Waals surface area contributed by atoms with Crippen molar-refractivity contribution in [3.63, 3.8) is 0 Å². The van der Waals surface area contributed by atoms with Crippen LogP contribution >= 0.6 is 0 Å². The van der Waals surface area contributed by atoms with E-state index in [-0.39, 0.29) is 17.9 Å². The Bertz CT molecular complexity index is 922. The molecule has 0 saturated carbocycles. The summed E-state index contributed by atoms with van der Waals surface area (Å²) in [7, 11) is 0. The number of hydrogen-bond acceptors (Lipinski definition) is 5. The molecule has 0 radical (unpaired) electrons. The van der Waals surface area contributed by atoms with Crippen LogP contribution in [0.1, 0.15) is 5.76 Å². The van der Waals surface area contributed by atoms with Gasteiger partial charge in [0.05, 0.1) is 24.5 Å². The highest BCUT2D eigenvalue weighted by Gasteiger charge is 2.67. The number of benzene rings is 1. The van der Waals surface area contributed by atoms with Crippen LogP contribution in [-0.2, 0) is 14.3 Å². The van der Waals surface area contributed by atoms with Gasteiger partial charge < -0.3 is 14.6 Å². The Hall–Kier alpha value is -2.93. The molecule has 7 heteroatoms. The van der Waals surface area contributed by atoms with Gasteiger partial charge in [-0.15, -0.1) is 0 Å². The fourth-order valence-corrected chi connectivity index (χ4v) is 4.22. The molecule has 2 bridgehead atoms. The molecule has 3 aliphatic heterocycles. The molecule has 132 valence electrons. The number of carbonyl (C=O) groups excluding carboxylic acids is 2. The Morgan fingerprint density at radius 2 is 2.15 bits per heavy atom. The summed E-state index contributed by atoms with van der Waals surface area (Å²) in [6.07, 6.45) is 3.42. The van der Waals surface area contributed by atoms with E-state index in [2.05, 4.69) is 10.5 Å². The van der Waals surface area contributed by atoms with Crippen molar-refractivity contribution in [2.24, 2.45) is 11.8 Å². The van der Waals surface area contributed by atoms with Crippen LogP contribution in [0.5, 0.6) is 0 Å². The lowest BCUT2D eigenvalue weighted by Crippen LogP contribution is -2.41. The predicted molar refractivity (Wildman–Crippen MR) is 92.4 cm³/mol. The third kappa shape index (κ3) is 2.07. The van der Waals surface area contributed by atoms with Gasteiger partial charge >= 0.3 is 0 Å². The molecular formula is C19H17N3O4. The molecule has 1 aromatic carbocycles. The van der Waals surface area contributed by atoms with Gasteiger partial charge in [-0.2, -0.15) is 0 Å². The fraction of sp³-hybridized carbons (Fsp3) is 0.316. The zero-order valence-corrected chi connectivity index (χ0v) is 14.1. The van der Waals surface area contributed by atoms with Crippen LogP contribution in [-0.4, -0.2) is 35.2 Å². The number of aryl methyl sites for hydroxylation is 1. The van der Waals surface area contributed by atoms with Crippen LogP contribution in [0.2, 0.25) is 0 Å². The van der Waals surface area contributed by atoms with Crippen molar-refractivity contribution < 1.29 is 18.8 Å². The highest BCUT2D eigenvalue weighted by atomic mass is 16.5. The normalized spacial score (nSPS) is 31.5. The first kappa shape index (κ1) is 15.3. The van der Waals surface area contributed by atoms with Crippen molar-refractivity contribution in [2.45, 2.75) is 18.6 Å². The van der Waals surface area contributed by atoms with E-state index >= 15 is 0 Å².